The molecule has 0 spiro atoms. The smallest absolute Gasteiger partial charge is 0.335 e. The number of aliphatic carboxylic acids is 3. The summed E-state index contributed by atoms with van der Waals surface area (Å²) < 4.78 is 0. The van der Waals surface area contributed by atoms with Crippen LogP contribution in [0.25, 0.3) is 0 Å². The first-order valence-electron chi connectivity index (χ1n) is 7.10. The summed E-state index contributed by atoms with van der Waals surface area (Å²) in [6.07, 6.45) is 2.41. The number of hydrogen-bond donors (Lipinski definition) is 4. The number of carboxylic acids is 4. The third-order valence-corrected chi connectivity index (χ3v) is 3.95. The molecule has 0 aromatic heterocycles. The van der Waals surface area contributed by atoms with Crippen LogP contribution >= 0.6 is 0 Å². The van der Waals surface area contributed by atoms with E-state index in [0.717, 1.165) is 18.2 Å². The van der Waals surface area contributed by atoms with Crippen molar-refractivity contribution < 1.29 is 44.4 Å². The molecule has 0 amide bonds. The van der Waals surface area contributed by atoms with Gasteiger partial charge in [0.2, 0.25) is 5.41 Å². The molecule has 9 nitrogen and oxygen atoms in total. The lowest BCUT2D eigenvalue weighted by atomic mass is 9.70. The van der Waals surface area contributed by atoms with Crippen molar-refractivity contribution in [3.8, 4) is 0 Å². The Bertz CT molecular complexity index is 877. The van der Waals surface area contributed by atoms with E-state index < -0.39 is 41.0 Å². The van der Waals surface area contributed by atoms with Crippen LogP contribution < -0.4 is 0 Å². The zero-order valence-corrected chi connectivity index (χ0v) is 12.9. The highest BCUT2D eigenvalue weighted by atomic mass is 16.4. The summed E-state index contributed by atoms with van der Waals surface area (Å²) >= 11 is 0. The zero-order valence-electron chi connectivity index (χ0n) is 12.9. The summed E-state index contributed by atoms with van der Waals surface area (Å²) in [5.41, 5.74) is -3.54. The largest absolute Gasteiger partial charge is 0.481 e. The standard InChI is InChI=1S/C17H12O9/c18-12(8-2-1-3-9(6-8)13(19)20)10-4-5-11(14(21)22)17(7-10,15(23)24)16(25)26/h1-7,11H,(H,19,20)(H,21,22)(H,23,24)(H,25,26). The Labute approximate surface area is 145 Å². The lowest BCUT2D eigenvalue weighted by Crippen LogP contribution is -2.48. The highest BCUT2D eigenvalue weighted by Crippen LogP contribution is 2.37. The molecule has 2 rings (SSSR count). The summed E-state index contributed by atoms with van der Waals surface area (Å²) in [7, 11) is 0. The topological polar surface area (TPSA) is 166 Å². The molecule has 26 heavy (non-hydrogen) atoms. The van der Waals surface area contributed by atoms with Gasteiger partial charge in [0.05, 0.1) is 5.56 Å². The summed E-state index contributed by atoms with van der Waals surface area (Å²) in [6, 6.07) is 4.86. The molecule has 1 atom stereocenters. The minimum absolute atomic E-state index is 0.112. The van der Waals surface area contributed by atoms with E-state index in [2.05, 4.69) is 0 Å². The van der Waals surface area contributed by atoms with Crippen LogP contribution in [0.5, 0.6) is 0 Å². The van der Waals surface area contributed by atoms with Gasteiger partial charge < -0.3 is 20.4 Å². The van der Waals surface area contributed by atoms with E-state index in [1.807, 2.05) is 0 Å². The van der Waals surface area contributed by atoms with Gasteiger partial charge >= 0.3 is 23.9 Å². The first-order chi connectivity index (χ1) is 12.1. The normalized spacial score (nSPS) is 17.8. The van der Waals surface area contributed by atoms with Crippen LogP contribution in [-0.4, -0.2) is 50.1 Å². The molecule has 0 saturated heterocycles. The van der Waals surface area contributed by atoms with Gasteiger partial charge in [-0.3, -0.25) is 19.2 Å². The lowest BCUT2D eigenvalue weighted by Gasteiger charge is -2.29. The van der Waals surface area contributed by atoms with E-state index in [0.29, 0.717) is 6.08 Å². The van der Waals surface area contributed by atoms with Crippen LogP contribution in [0.1, 0.15) is 20.7 Å². The number of carbonyl (C=O) groups is 5. The molecule has 0 aliphatic heterocycles. The van der Waals surface area contributed by atoms with Crippen molar-refractivity contribution in [2.24, 2.45) is 11.3 Å². The molecule has 0 bridgehead atoms. The molecule has 1 unspecified atom stereocenters. The van der Waals surface area contributed by atoms with Gasteiger partial charge in [0.1, 0.15) is 5.92 Å². The summed E-state index contributed by atoms with van der Waals surface area (Å²) in [6.45, 7) is 0. The Hall–Kier alpha value is -3.75. The molecule has 1 aromatic carbocycles. The number of benzene rings is 1. The lowest BCUT2D eigenvalue weighted by molar-refractivity contribution is -0.169. The van der Waals surface area contributed by atoms with Crippen molar-refractivity contribution in [1.29, 1.82) is 0 Å². The SMILES string of the molecule is O=C(O)c1cccc(C(=O)C2=CC(C(=O)O)(C(=O)O)C(C(=O)O)C=C2)c1. The maximum absolute atomic E-state index is 12.5. The van der Waals surface area contributed by atoms with E-state index in [4.69, 9.17) is 10.2 Å². The molecule has 4 N–H and O–H groups in total. The predicted molar refractivity (Wildman–Crippen MR) is 83.8 cm³/mol. The Balaban J connectivity index is 2.58. The second kappa shape index (κ2) is 6.63. The molecule has 0 heterocycles. The number of allylic oxidation sites excluding steroid dienone is 2. The second-order valence-corrected chi connectivity index (χ2v) is 5.47. The second-order valence-electron chi connectivity index (χ2n) is 5.47. The van der Waals surface area contributed by atoms with Gasteiger partial charge in [0.15, 0.2) is 5.78 Å². The molecular formula is C17H12O9. The predicted octanol–water partition coefficient (Wildman–Crippen LogP) is 0.920. The van der Waals surface area contributed by atoms with Crippen LogP contribution in [0.2, 0.25) is 0 Å². The van der Waals surface area contributed by atoms with Crippen molar-refractivity contribution in [3.63, 3.8) is 0 Å². The molecule has 1 aromatic rings. The number of Topliss-reactive ketones (excluding diaryl/α,β-unsaturated/α-hetero) is 1. The van der Waals surface area contributed by atoms with Crippen LogP contribution in [0.3, 0.4) is 0 Å². The van der Waals surface area contributed by atoms with E-state index in [9.17, 15) is 34.2 Å². The highest BCUT2D eigenvalue weighted by molar-refractivity contribution is 6.14. The fourth-order valence-corrected chi connectivity index (χ4v) is 2.59. The average Bonchev–Trinajstić information content (AvgIpc) is 2.59. The van der Waals surface area contributed by atoms with E-state index in [1.54, 1.807) is 0 Å². The summed E-state index contributed by atoms with van der Waals surface area (Å²) in [5.74, 6) is -9.59. The third-order valence-electron chi connectivity index (χ3n) is 3.95. The molecule has 1 aliphatic rings. The van der Waals surface area contributed by atoms with E-state index in [1.165, 1.54) is 18.2 Å². The Morgan fingerprint density at radius 1 is 0.885 bits per heavy atom. The monoisotopic (exact) mass is 360 g/mol. The van der Waals surface area contributed by atoms with Gasteiger partial charge in [-0.1, -0.05) is 24.3 Å². The van der Waals surface area contributed by atoms with E-state index >= 15 is 0 Å². The van der Waals surface area contributed by atoms with Crippen LogP contribution in [0.4, 0.5) is 0 Å². The quantitative estimate of drug-likeness (QED) is 0.426. The minimum Gasteiger partial charge on any atom is -0.481 e. The Morgan fingerprint density at radius 2 is 1.46 bits per heavy atom. The Kier molecular flexibility index (Phi) is 4.74. The van der Waals surface area contributed by atoms with Gasteiger partial charge in [-0.15, -0.1) is 0 Å². The van der Waals surface area contributed by atoms with Gasteiger partial charge in [-0.2, -0.15) is 0 Å². The van der Waals surface area contributed by atoms with Gasteiger partial charge in [-0.05, 0) is 18.2 Å². The van der Waals surface area contributed by atoms with Crippen molar-refractivity contribution in [3.05, 3.63) is 59.2 Å². The van der Waals surface area contributed by atoms with Crippen molar-refractivity contribution in [1.82, 2.24) is 0 Å². The van der Waals surface area contributed by atoms with Gasteiger partial charge in [-0.25, -0.2) is 4.79 Å². The maximum Gasteiger partial charge on any atom is 0.335 e. The summed E-state index contributed by atoms with van der Waals surface area (Å²) in [5, 5.41) is 36.8. The minimum atomic E-state index is -2.87. The van der Waals surface area contributed by atoms with Crippen LogP contribution in [-0.2, 0) is 14.4 Å². The number of ketones is 1. The first kappa shape index (κ1) is 18.6. The summed E-state index contributed by atoms with van der Waals surface area (Å²) in [4.78, 5) is 58.0. The fraction of sp³-hybridized carbons (Fsp3) is 0.118. The number of carboxylic acid groups (broad SMARTS) is 4. The fourth-order valence-electron chi connectivity index (χ4n) is 2.59. The zero-order chi connectivity index (χ0) is 19.6. The first-order valence-corrected chi connectivity index (χ1v) is 7.10. The molecule has 9 heteroatoms. The van der Waals surface area contributed by atoms with Crippen LogP contribution in [0.15, 0.2) is 48.1 Å². The molecule has 0 radical (unpaired) electrons. The maximum atomic E-state index is 12.5. The molecule has 0 fully saturated rings. The molecule has 1 aliphatic carbocycles. The average molecular weight is 360 g/mol. The van der Waals surface area contributed by atoms with Gasteiger partial charge in [0.25, 0.3) is 0 Å². The van der Waals surface area contributed by atoms with Crippen molar-refractivity contribution >= 4 is 29.7 Å². The number of carbonyl (C=O) groups excluding carboxylic acids is 1. The van der Waals surface area contributed by atoms with Crippen molar-refractivity contribution in [2.75, 3.05) is 0 Å². The van der Waals surface area contributed by atoms with Crippen LogP contribution in [0, 0.1) is 11.3 Å². The number of aromatic carboxylic acids is 1. The number of rotatable bonds is 6. The van der Waals surface area contributed by atoms with E-state index in [-0.39, 0.29) is 16.7 Å². The molecule has 134 valence electrons. The highest BCUT2D eigenvalue weighted by Gasteiger charge is 2.55. The Morgan fingerprint density at radius 3 is 1.96 bits per heavy atom. The molecule has 0 saturated carbocycles. The molecular weight excluding hydrogens is 348 g/mol. The van der Waals surface area contributed by atoms with Gasteiger partial charge in [0, 0.05) is 11.1 Å². The van der Waals surface area contributed by atoms with Crippen molar-refractivity contribution in [2.45, 2.75) is 0 Å². The number of hydrogen-bond acceptors (Lipinski definition) is 5. The third kappa shape index (κ3) is 2.97.